The molecule has 0 aliphatic carbocycles. The number of piperidine rings is 1. The molecular weight excluding hydrogens is 461 g/mol. The monoisotopic (exact) mass is 486 g/mol. The van der Waals surface area contributed by atoms with Gasteiger partial charge in [-0.25, -0.2) is 8.42 Å². The summed E-state index contributed by atoms with van der Waals surface area (Å²) < 4.78 is 66.2. The third-order valence-corrected chi connectivity index (χ3v) is 7.55. The highest BCUT2D eigenvalue weighted by molar-refractivity contribution is 7.89. The van der Waals surface area contributed by atoms with E-state index in [1.807, 2.05) is 0 Å². The van der Waals surface area contributed by atoms with Crippen molar-refractivity contribution in [3.63, 3.8) is 0 Å². The van der Waals surface area contributed by atoms with Gasteiger partial charge in [0.2, 0.25) is 15.9 Å². The summed E-state index contributed by atoms with van der Waals surface area (Å²) in [5.74, 6) is -1.30. The number of carbonyl (C=O) groups excluding carboxylic acids is 2. The Hall–Kier alpha value is -2.86. The standard InChI is InChI=1S/C21H25F3N4O4S/c1-27-13-17(12-18(27)19(25)29)33(31,32)28-10-7-15(8-11-28)20(30)26-9-6-14-2-4-16(5-3-14)21(22,23)24/h2-5,12-13,15H,6-11H2,1H3,(H2,25,29)(H,26,30). The lowest BCUT2D eigenvalue weighted by Gasteiger charge is -2.30. The van der Waals surface area contributed by atoms with Crippen LogP contribution in [-0.4, -0.2) is 48.7 Å². The van der Waals surface area contributed by atoms with Crippen LogP contribution in [0.5, 0.6) is 0 Å². The Balaban J connectivity index is 1.49. The maximum Gasteiger partial charge on any atom is 0.416 e. The minimum absolute atomic E-state index is 0.0294. The van der Waals surface area contributed by atoms with Crippen molar-refractivity contribution >= 4 is 21.8 Å². The van der Waals surface area contributed by atoms with Gasteiger partial charge in [0.25, 0.3) is 5.91 Å². The number of nitrogens with two attached hydrogens (primary N) is 1. The van der Waals surface area contributed by atoms with Gasteiger partial charge in [-0.2, -0.15) is 17.5 Å². The smallest absolute Gasteiger partial charge is 0.364 e. The SMILES string of the molecule is Cn1cc(S(=O)(=O)N2CCC(C(=O)NCCc3ccc(C(F)(F)F)cc3)CC2)cc1C(N)=O. The first-order valence-electron chi connectivity index (χ1n) is 10.3. The molecule has 1 aromatic carbocycles. The van der Waals surface area contributed by atoms with Gasteiger partial charge in [0, 0.05) is 38.8 Å². The number of benzene rings is 1. The Bertz CT molecular complexity index is 1120. The molecule has 0 unspecified atom stereocenters. The molecule has 33 heavy (non-hydrogen) atoms. The van der Waals surface area contributed by atoms with Gasteiger partial charge >= 0.3 is 6.18 Å². The molecule has 2 aromatic rings. The molecule has 1 aliphatic rings. The molecule has 1 aliphatic heterocycles. The van der Waals surface area contributed by atoms with Crippen LogP contribution in [0.4, 0.5) is 13.2 Å². The Morgan fingerprint density at radius 1 is 1.15 bits per heavy atom. The number of hydrogen-bond acceptors (Lipinski definition) is 4. The fourth-order valence-corrected chi connectivity index (χ4v) is 5.30. The van der Waals surface area contributed by atoms with Gasteiger partial charge in [-0.15, -0.1) is 0 Å². The van der Waals surface area contributed by atoms with E-state index in [1.165, 1.54) is 40.3 Å². The molecule has 12 heteroatoms. The van der Waals surface area contributed by atoms with Crippen molar-refractivity contribution in [2.75, 3.05) is 19.6 Å². The number of carbonyl (C=O) groups is 2. The second-order valence-electron chi connectivity index (χ2n) is 7.95. The number of sulfonamides is 1. The van der Waals surface area contributed by atoms with Crippen LogP contribution >= 0.6 is 0 Å². The van der Waals surface area contributed by atoms with E-state index in [9.17, 15) is 31.2 Å². The molecule has 1 saturated heterocycles. The van der Waals surface area contributed by atoms with Crippen LogP contribution in [-0.2, 0) is 34.5 Å². The summed E-state index contributed by atoms with van der Waals surface area (Å²) in [6.45, 7) is 0.572. The van der Waals surface area contributed by atoms with Crippen molar-refractivity contribution in [1.29, 1.82) is 0 Å². The van der Waals surface area contributed by atoms with Gasteiger partial charge in [-0.05, 0) is 43.0 Å². The summed E-state index contributed by atoms with van der Waals surface area (Å²) in [5, 5.41) is 2.77. The third kappa shape index (κ3) is 5.74. The summed E-state index contributed by atoms with van der Waals surface area (Å²) in [6, 6.07) is 6.01. The lowest BCUT2D eigenvalue weighted by atomic mass is 9.97. The maximum absolute atomic E-state index is 12.9. The van der Waals surface area contributed by atoms with E-state index in [0.717, 1.165) is 12.1 Å². The van der Waals surface area contributed by atoms with E-state index >= 15 is 0 Å². The number of primary amides is 1. The Kier molecular flexibility index (Phi) is 7.17. The summed E-state index contributed by atoms with van der Waals surface area (Å²) >= 11 is 0. The summed E-state index contributed by atoms with van der Waals surface area (Å²) in [6.07, 6.45) is -2.01. The van der Waals surface area contributed by atoms with Crippen molar-refractivity contribution in [3.05, 3.63) is 53.3 Å². The van der Waals surface area contributed by atoms with Crippen molar-refractivity contribution < 1.29 is 31.2 Å². The number of nitrogens with zero attached hydrogens (tertiary/aromatic N) is 2. The lowest BCUT2D eigenvalue weighted by Crippen LogP contribution is -2.43. The van der Waals surface area contributed by atoms with Gasteiger partial charge in [0.1, 0.15) is 10.6 Å². The quantitative estimate of drug-likeness (QED) is 0.622. The van der Waals surface area contributed by atoms with E-state index < -0.39 is 27.7 Å². The van der Waals surface area contributed by atoms with Crippen LogP contribution < -0.4 is 11.1 Å². The fourth-order valence-electron chi connectivity index (χ4n) is 3.76. The van der Waals surface area contributed by atoms with Crippen LogP contribution in [0.15, 0.2) is 41.4 Å². The van der Waals surface area contributed by atoms with E-state index in [-0.39, 0.29) is 42.0 Å². The Morgan fingerprint density at radius 3 is 2.27 bits per heavy atom. The van der Waals surface area contributed by atoms with Gasteiger partial charge in [0.15, 0.2) is 0 Å². The molecule has 3 rings (SSSR count). The van der Waals surface area contributed by atoms with Gasteiger partial charge in [0.05, 0.1) is 5.56 Å². The number of alkyl halides is 3. The van der Waals surface area contributed by atoms with E-state index in [0.29, 0.717) is 24.8 Å². The zero-order valence-electron chi connectivity index (χ0n) is 17.9. The van der Waals surface area contributed by atoms with Crippen LogP contribution in [0.25, 0.3) is 0 Å². The highest BCUT2D eigenvalue weighted by atomic mass is 32.2. The molecule has 1 aromatic heterocycles. The Labute approximate surface area is 189 Å². The highest BCUT2D eigenvalue weighted by Gasteiger charge is 2.33. The first kappa shape index (κ1) is 24.8. The van der Waals surface area contributed by atoms with E-state index in [4.69, 9.17) is 5.73 Å². The minimum Gasteiger partial charge on any atom is -0.364 e. The molecule has 3 N–H and O–H groups in total. The molecule has 8 nitrogen and oxygen atoms in total. The molecule has 0 atom stereocenters. The average Bonchev–Trinajstić information content (AvgIpc) is 3.16. The molecule has 0 bridgehead atoms. The number of aromatic nitrogens is 1. The minimum atomic E-state index is -4.39. The van der Waals surface area contributed by atoms with Crippen LogP contribution in [0, 0.1) is 5.92 Å². The van der Waals surface area contributed by atoms with Crippen LogP contribution in [0.1, 0.15) is 34.5 Å². The van der Waals surface area contributed by atoms with Gasteiger partial charge < -0.3 is 15.6 Å². The van der Waals surface area contributed by atoms with Crippen molar-refractivity contribution in [1.82, 2.24) is 14.2 Å². The lowest BCUT2D eigenvalue weighted by molar-refractivity contribution is -0.137. The number of nitrogens with one attached hydrogen (secondary N) is 1. The average molecular weight is 487 g/mol. The molecule has 0 saturated carbocycles. The number of halogens is 3. The topological polar surface area (TPSA) is 114 Å². The van der Waals surface area contributed by atoms with Gasteiger partial charge in [-0.3, -0.25) is 9.59 Å². The predicted octanol–water partition coefficient (Wildman–Crippen LogP) is 1.90. The predicted molar refractivity (Wildman–Crippen MR) is 114 cm³/mol. The number of rotatable bonds is 7. The number of amides is 2. The molecule has 0 spiro atoms. The second-order valence-corrected chi connectivity index (χ2v) is 9.89. The van der Waals surface area contributed by atoms with Crippen molar-refractivity contribution in [2.45, 2.75) is 30.3 Å². The van der Waals surface area contributed by atoms with Crippen molar-refractivity contribution in [3.8, 4) is 0 Å². The van der Waals surface area contributed by atoms with Crippen LogP contribution in [0.2, 0.25) is 0 Å². The van der Waals surface area contributed by atoms with Crippen LogP contribution in [0.3, 0.4) is 0 Å². The summed E-state index contributed by atoms with van der Waals surface area (Å²) in [4.78, 5) is 23.8. The normalized spacial score (nSPS) is 16.0. The second kappa shape index (κ2) is 9.56. The molecule has 2 heterocycles. The molecule has 1 fully saturated rings. The number of hydrogen-bond donors (Lipinski definition) is 2. The molecule has 0 radical (unpaired) electrons. The zero-order valence-corrected chi connectivity index (χ0v) is 18.7. The fraction of sp³-hybridized carbons (Fsp3) is 0.429. The number of aryl methyl sites for hydroxylation is 1. The third-order valence-electron chi connectivity index (χ3n) is 5.69. The first-order chi connectivity index (χ1) is 15.4. The van der Waals surface area contributed by atoms with E-state index in [1.54, 1.807) is 0 Å². The molecular formula is C21H25F3N4O4S. The highest BCUT2D eigenvalue weighted by Crippen LogP contribution is 2.29. The van der Waals surface area contributed by atoms with Crippen molar-refractivity contribution in [2.24, 2.45) is 18.7 Å². The van der Waals surface area contributed by atoms with Gasteiger partial charge in [-0.1, -0.05) is 12.1 Å². The molecule has 180 valence electrons. The summed E-state index contributed by atoms with van der Waals surface area (Å²) in [7, 11) is -2.29. The maximum atomic E-state index is 12.9. The summed E-state index contributed by atoms with van der Waals surface area (Å²) in [5.41, 5.74) is 5.27. The largest absolute Gasteiger partial charge is 0.416 e. The zero-order chi connectivity index (χ0) is 24.4. The van der Waals surface area contributed by atoms with E-state index in [2.05, 4.69) is 5.32 Å². The Morgan fingerprint density at radius 2 is 1.76 bits per heavy atom. The first-order valence-corrected chi connectivity index (χ1v) is 11.7. The molecule has 2 amide bonds.